The van der Waals surface area contributed by atoms with E-state index in [4.69, 9.17) is 4.52 Å². The van der Waals surface area contributed by atoms with Crippen molar-refractivity contribution in [3.8, 4) is 11.4 Å². The van der Waals surface area contributed by atoms with Gasteiger partial charge in [0.25, 0.3) is 0 Å². The van der Waals surface area contributed by atoms with Gasteiger partial charge in [-0.05, 0) is 31.5 Å². The fourth-order valence-corrected chi connectivity index (χ4v) is 2.63. The van der Waals surface area contributed by atoms with Crippen molar-refractivity contribution in [2.75, 3.05) is 13.1 Å². The number of carbonyl (C=O) groups is 1. The van der Waals surface area contributed by atoms with Crippen LogP contribution in [-0.2, 0) is 17.4 Å². The van der Waals surface area contributed by atoms with Crippen molar-refractivity contribution < 1.29 is 22.5 Å². The third-order valence-electron chi connectivity index (χ3n) is 3.93. The molecule has 0 radical (unpaired) electrons. The molecule has 0 saturated carbocycles. The highest BCUT2D eigenvalue weighted by Crippen LogP contribution is 2.31. The molecule has 1 saturated heterocycles. The zero-order valence-electron chi connectivity index (χ0n) is 13.3. The molecule has 1 unspecified atom stereocenters. The van der Waals surface area contributed by atoms with Gasteiger partial charge in [-0.3, -0.25) is 4.79 Å². The van der Waals surface area contributed by atoms with Crippen LogP contribution < -0.4 is 10.6 Å². The lowest BCUT2D eigenvalue weighted by molar-refractivity contribution is -0.137. The minimum Gasteiger partial charge on any atom is -0.354 e. The molecule has 3 rings (SSSR count). The van der Waals surface area contributed by atoms with Crippen LogP contribution in [0.15, 0.2) is 28.8 Å². The van der Waals surface area contributed by atoms with Gasteiger partial charge in [-0.25, -0.2) is 0 Å². The Morgan fingerprint density at radius 3 is 2.96 bits per heavy atom. The van der Waals surface area contributed by atoms with E-state index >= 15 is 0 Å². The predicted octanol–water partition coefficient (Wildman–Crippen LogP) is 2.17. The van der Waals surface area contributed by atoms with Crippen LogP contribution in [0.25, 0.3) is 11.4 Å². The smallest absolute Gasteiger partial charge is 0.354 e. The van der Waals surface area contributed by atoms with Crippen LogP contribution in [0.5, 0.6) is 0 Å². The molecular formula is C16H17F3N4O2. The van der Waals surface area contributed by atoms with Gasteiger partial charge in [0.05, 0.1) is 11.6 Å². The number of nitrogens with zero attached hydrogens (tertiary/aromatic N) is 2. The number of benzene rings is 1. The molecule has 134 valence electrons. The second kappa shape index (κ2) is 7.22. The fourth-order valence-electron chi connectivity index (χ4n) is 2.63. The lowest BCUT2D eigenvalue weighted by Gasteiger charge is -2.09. The quantitative estimate of drug-likeness (QED) is 0.860. The third kappa shape index (κ3) is 4.36. The number of hydrogen-bond acceptors (Lipinski definition) is 5. The van der Waals surface area contributed by atoms with E-state index in [0.29, 0.717) is 13.0 Å². The molecule has 1 aliphatic rings. The largest absolute Gasteiger partial charge is 0.416 e. The molecule has 2 heterocycles. The Kier molecular flexibility index (Phi) is 5.03. The molecule has 6 nitrogen and oxygen atoms in total. The summed E-state index contributed by atoms with van der Waals surface area (Å²) in [6, 6.07) is 4.57. The molecule has 1 amide bonds. The number of carbonyl (C=O) groups excluding carboxylic acids is 1. The van der Waals surface area contributed by atoms with E-state index in [2.05, 4.69) is 20.8 Å². The highest BCUT2D eigenvalue weighted by Gasteiger charge is 2.30. The normalized spacial score (nSPS) is 17.6. The number of amides is 1. The third-order valence-corrected chi connectivity index (χ3v) is 3.93. The van der Waals surface area contributed by atoms with Crippen LogP contribution >= 0.6 is 0 Å². The molecule has 0 aliphatic carbocycles. The first-order chi connectivity index (χ1) is 11.9. The van der Waals surface area contributed by atoms with Crippen LogP contribution in [-0.4, -0.2) is 35.2 Å². The summed E-state index contributed by atoms with van der Waals surface area (Å²) in [4.78, 5) is 15.9. The minimum absolute atomic E-state index is 0.0740. The fraction of sp³-hybridized carbons (Fsp3) is 0.438. The summed E-state index contributed by atoms with van der Waals surface area (Å²) < 4.78 is 43.3. The van der Waals surface area contributed by atoms with Crippen LogP contribution in [0.2, 0.25) is 0 Å². The van der Waals surface area contributed by atoms with Gasteiger partial charge in [0, 0.05) is 18.5 Å². The summed E-state index contributed by atoms with van der Waals surface area (Å²) >= 11 is 0. The summed E-state index contributed by atoms with van der Waals surface area (Å²) in [6.07, 6.45) is -2.33. The lowest BCUT2D eigenvalue weighted by Crippen LogP contribution is -2.41. The molecule has 0 spiro atoms. The number of rotatable bonds is 5. The van der Waals surface area contributed by atoms with Crippen LogP contribution in [0.1, 0.15) is 24.3 Å². The molecular weight excluding hydrogens is 337 g/mol. The zero-order chi connectivity index (χ0) is 17.9. The van der Waals surface area contributed by atoms with Gasteiger partial charge < -0.3 is 15.2 Å². The average molecular weight is 354 g/mol. The van der Waals surface area contributed by atoms with Gasteiger partial charge in [-0.1, -0.05) is 17.3 Å². The summed E-state index contributed by atoms with van der Waals surface area (Å²) in [7, 11) is 0. The molecule has 2 N–H and O–H groups in total. The van der Waals surface area contributed by atoms with E-state index in [0.717, 1.165) is 31.5 Å². The Hall–Kier alpha value is -2.42. The molecule has 0 bridgehead atoms. The first-order valence-corrected chi connectivity index (χ1v) is 7.95. The highest BCUT2D eigenvalue weighted by molar-refractivity contribution is 5.81. The standard InChI is InChI=1S/C16H17F3N4O2/c17-16(18,19)11-4-1-3-10(9-11)14-22-13(25-23-14)6-8-21-15(24)12-5-2-7-20-12/h1,3-4,9,12,20H,2,5-8H2,(H,21,24). The number of aromatic nitrogens is 2. The molecule has 2 aromatic rings. The van der Waals surface area contributed by atoms with Gasteiger partial charge >= 0.3 is 6.18 Å². The van der Waals surface area contributed by atoms with Crippen molar-refractivity contribution in [1.82, 2.24) is 20.8 Å². The highest BCUT2D eigenvalue weighted by atomic mass is 19.4. The van der Waals surface area contributed by atoms with E-state index in [1.807, 2.05) is 0 Å². The topological polar surface area (TPSA) is 80.1 Å². The maximum absolute atomic E-state index is 12.7. The Balaban J connectivity index is 1.58. The van der Waals surface area contributed by atoms with Crippen molar-refractivity contribution in [3.05, 3.63) is 35.7 Å². The van der Waals surface area contributed by atoms with Crippen LogP contribution in [0.4, 0.5) is 13.2 Å². The summed E-state index contributed by atoms with van der Waals surface area (Å²) in [5.41, 5.74) is -0.545. The van der Waals surface area contributed by atoms with Gasteiger partial charge in [-0.2, -0.15) is 18.2 Å². The van der Waals surface area contributed by atoms with Gasteiger partial charge in [-0.15, -0.1) is 0 Å². The molecule has 1 aromatic carbocycles. The Morgan fingerprint density at radius 1 is 1.40 bits per heavy atom. The molecule has 1 atom stereocenters. The maximum Gasteiger partial charge on any atom is 0.416 e. The van der Waals surface area contributed by atoms with E-state index in [9.17, 15) is 18.0 Å². The number of alkyl halides is 3. The first-order valence-electron chi connectivity index (χ1n) is 7.95. The zero-order valence-corrected chi connectivity index (χ0v) is 13.3. The number of hydrogen-bond donors (Lipinski definition) is 2. The van der Waals surface area contributed by atoms with E-state index in [1.54, 1.807) is 0 Å². The molecule has 1 aliphatic heterocycles. The second-order valence-electron chi connectivity index (χ2n) is 5.78. The lowest BCUT2D eigenvalue weighted by atomic mass is 10.1. The summed E-state index contributed by atoms with van der Waals surface area (Å²) in [5.74, 6) is 0.270. The maximum atomic E-state index is 12.7. The van der Waals surface area contributed by atoms with E-state index < -0.39 is 11.7 Å². The molecule has 1 fully saturated rings. The summed E-state index contributed by atoms with van der Waals surface area (Å²) in [5, 5.41) is 9.57. The van der Waals surface area contributed by atoms with E-state index in [-0.39, 0.29) is 29.2 Å². The van der Waals surface area contributed by atoms with Gasteiger partial charge in [0.1, 0.15) is 0 Å². The van der Waals surface area contributed by atoms with Crippen LogP contribution in [0, 0.1) is 0 Å². The van der Waals surface area contributed by atoms with E-state index in [1.165, 1.54) is 12.1 Å². The Bertz CT molecular complexity index is 739. The van der Waals surface area contributed by atoms with Crippen molar-refractivity contribution in [2.24, 2.45) is 0 Å². The number of nitrogens with one attached hydrogen (secondary N) is 2. The monoisotopic (exact) mass is 354 g/mol. The van der Waals surface area contributed by atoms with Gasteiger partial charge in [0.2, 0.25) is 17.6 Å². The van der Waals surface area contributed by atoms with Crippen molar-refractivity contribution in [3.63, 3.8) is 0 Å². The SMILES string of the molecule is O=C(NCCc1nc(-c2cccc(C(F)(F)F)c2)no1)C1CCCN1. The summed E-state index contributed by atoms with van der Waals surface area (Å²) in [6.45, 7) is 1.16. The molecule has 25 heavy (non-hydrogen) atoms. The molecule has 1 aromatic heterocycles. The first kappa shape index (κ1) is 17.4. The molecule has 9 heteroatoms. The van der Waals surface area contributed by atoms with Crippen LogP contribution in [0.3, 0.4) is 0 Å². The van der Waals surface area contributed by atoms with Gasteiger partial charge in [0.15, 0.2) is 0 Å². The predicted molar refractivity (Wildman–Crippen MR) is 82.5 cm³/mol. The number of halogens is 3. The minimum atomic E-state index is -4.43. The van der Waals surface area contributed by atoms with Crippen molar-refractivity contribution in [1.29, 1.82) is 0 Å². The Labute approximate surface area is 141 Å². The van der Waals surface area contributed by atoms with Crippen molar-refractivity contribution in [2.45, 2.75) is 31.5 Å². The van der Waals surface area contributed by atoms with Crippen molar-refractivity contribution >= 4 is 5.91 Å². The average Bonchev–Trinajstić information content (AvgIpc) is 3.26. The Morgan fingerprint density at radius 2 is 2.24 bits per heavy atom. The second-order valence-corrected chi connectivity index (χ2v) is 5.78.